The van der Waals surface area contributed by atoms with Crippen molar-refractivity contribution in [3.05, 3.63) is 52.4 Å². The van der Waals surface area contributed by atoms with Crippen molar-refractivity contribution in [1.82, 2.24) is 9.97 Å². The van der Waals surface area contributed by atoms with E-state index in [4.69, 9.17) is 21.8 Å². The highest BCUT2D eigenvalue weighted by Gasteiger charge is 2.14. The quantitative estimate of drug-likeness (QED) is 0.526. The molecule has 0 spiro atoms. The molecule has 140 valence electrons. The van der Waals surface area contributed by atoms with Crippen LogP contribution in [0.1, 0.15) is 20.7 Å². The van der Waals surface area contributed by atoms with Crippen molar-refractivity contribution in [1.29, 1.82) is 0 Å². The summed E-state index contributed by atoms with van der Waals surface area (Å²) < 4.78 is 48.6. The third-order valence-corrected chi connectivity index (χ3v) is 2.85. The largest absolute Gasteiger partial charge is 0.478 e. The molecule has 0 aliphatic carbocycles. The summed E-state index contributed by atoms with van der Waals surface area (Å²) in [6.45, 7) is -0.737. The standard InChI is InChI=1S/C8H7F3N2O2.C6H3ClFNO2/c9-4-1-5(8(14)15)7(12-2-4)13-3-6(10)11;7-5-4(6(10)11)1-3(8)2-9-5/h1-2,6H,3H2,(H,12,13)(H,14,15);1-2H,(H,10,11). The van der Waals surface area contributed by atoms with Gasteiger partial charge in [0.1, 0.15) is 28.2 Å². The van der Waals surface area contributed by atoms with Crippen molar-refractivity contribution >= 4 is 29.4 Å². The Morgan fingerprint density at radius 2 is 1.54 bits per heavy atom. The number of hydrogen-bond donors (Lipinski definition) is 3. The molecule has 0 unspecified atom stereocenters. The van der Waals surface area contributed by atoms with Crippen LogP contribution in [0.4, 0.5) is 23.4 Å². The highest BCUT2D eigenvalue weighted by molar-refractivity contribution is 6.32. The number of aromatic nitrogens is 2. The molecule has 0 saturated heterocycles. The molecular weight excluding hydrogens is 386 g/mol. The number of halogens is 5. The second kappa shape index (κ2) is 9.51. The molecule has 2 aromatic rings. The van der Waals surface area contributed by atoms with Gasteiger partial charge in [-0.05, 0) is 12.1 Å². The van der Waals surface area contributed by atoms with E-state index in [-0.39, 0.29) is 16.5 Å². The van der Waals surface area contributed by atoms with Gasteiger partial charge in [-0.15, -0.1) is 0 Å². The fourth-order valence-corrected chi connectivity index (χ4v) is 1.67. The van der Waals surface area contributed by atoms with E-state index in [1.54, 1.807) is 0 Å². The van der Waals surface area contributed by atoms with Crippen LogP contribution in [0.2, 0.25) is 5.15 Å². The number of carboxylic acids is 2. The van der Waals surface area contributed by atoms with Gasteiger partial charge in [0.15, 0.2) is 0 Å². The van der Waals surface area contributed by atoms with Crippen LogP contribution in [0.3, 0.4) is 0 Å². The Morgan fingerprint density at radius 1 is 1.04 bits per heavy atom. The minimum Gasteiger partial charge on any atom is -0.478 e. The lowest BCUT2D eigenvalue weighted by molar-refractivity contribution is 0.0685. The van der Waals surface area contributed by atoms with Gasteiger partial charge in [0.2, 0.25) is 0 Å². The van der Waals surface area contributed by atoms with E-state index in [1.165, 1.54) is 0 Å². The number of carbonyl (C=O) groups is 2. The van der Waals surface area contributed by atoms with Crippen molar-refractivity contribution in [3.63, 3.8) is 0 Å². The van der Waals surface area contributed by atoms with Gasteiger partial charge in [0.05, 0.1) is 24.5 Å². The van der Waals surface area contributed by atoms with Gasteiger partial charge in [0, 0.05) is 0 Å². The zero-order chi connectivity index (χ0) is 19.9. The normalized spacial score (nSPS) is 10.1. The molecule has 0 fully saturated rings. The Labute approximate surface area is 148 Å². The van der Waals surface area contributed by atoms with Gasteiger partial charge in [-0.25, -0.2) is 37.1 Å². The Balaban J connectivity index is 0.000000273. The maximum Gasteiger partial charge on any atom is 0.339 e. The molecule has 2 aromatic heterocycles. The number of anilines is 1. The Morgan fingerprint density at radius 3 is 2.00 bits per heavy atom. The summed E-state index contributed by atoms with van der Waals surface area (Å²) in [6, 6.07) is 1.53. The number of hydrogen-bond acceptors (Lipinski definition) is 5. The van der Waals surface area contributed by atoms with Crippen LogP contribution in [-0.2, 0) is 0 Å². The summed E-state index contributed by atoms with van der Waals surface area (Å²) in [4.78, 5) is 27.5. The number of aromatic carboxylic acids is 2. The second-order valence-electron chi connectivity index (χ2n) is 4.42. The first-order chi connectivity index (χ1) is 12.1. The minimum atomic E-state index is -2.64. The smallest absolute Gasteiger partial charge is 0.339 e. The van der Waals surface area contributed by atoms with Gasteiger partial charge in [-0.2, -0.15) is 0 Å². The lowest BCUT2D eigenvalue weighted by atomic mass is 10.2. The molecule has 26 heavy (non-hydrogen) atoms. The van der Waals surface area contributed by atoms with Crippen molar-refractivity contribution in [3.8, 4) is 0 Å². The highest BCUT2D eigenvalue weighted by Crippen LogP contribution is 2.14. The van der Waals surface area contributed by atoms with E-state index in [9.17, 15) is 27.2 Å². The zero-order valence-electron chi connectivity index (χ0n) is 12.6. The number of nitrogens with zero attached hydrogens (tertiary/aromatic N) is 2. The van der Waals surface area contributed by atoms with Crippen molar-refractivity contribution in [2.45, 2.75) is 6.43 Å². The first-order valence-corrected chi connectivity index (χ1v) is 6.94. The van der Waals surface area contributed by atoms with Crippen molar-refractivity contribution < 1.29 is 37.4 Å². The molecule has 3 N–H and O–H groups in total. The predicted octanol–water partition coefficient (Wildman–Crippen LogP) is 3.17. The van der Waals surface area contributed by atoms with Crippen LogP contribution in [0.5, 0.6) is 0 Å². The molecule has 0 atom stereocenters. The van der Waals surface area contributed by atoms with E-state index in [0.717, 1.165) is 18.5 Å². The molecule has 2 heterocycles. The second-order valence-corrected chi connectivity index (χ2v) is 4.78. The number of alkyl halides is 2. The van der Waals surface area contributed by atoms with E-state index in [0.29, 0.717) is 6.07 Å². The fraction of sp³-hybridized carbons (Fsp3) is 0.143. The number of pyridine rings is 2. The van der Waals surface area contributed by atoms with Crippen LogP contribution in [0, 0.1) is 11.6 Å². The predicted molar refractivity (Wildman–Crippen MR) is 81.8 cm³/mol. The number of nitrogens with one attached hydrogen (secondary N) is 1. The van der Waals surface area contributed by atoms with Crippen molar-refractivity contribution in [2.75, 3.05) is 11.9 Å². The lowest BCUT2D eigenvalue weighted by Gasteiger charge is -2.07. The van der Waals surface area contributed by atoms with Crippen LogP contribution in [-0.4, -0.2) is 45.1 Å². The molecule has 0 radical (unpaired) electrons. The Kier molecular flexibility index (Phi) is 7.72. The molecule has 0 aromatic carbocycles. The monoisotopic (exact) mass is 395 g/mol. The third kappa shape index (κ3) is 6.51. The molecule has 2 rings (SSSR count). The molecule has 0 amide bonds. The molecule has 0 bridgehead atoms. The molecule has 0 aliphatic rings. The van der Waals surface area contributed by atoms with E-state index < -0.39 is 42.1 Å². The van der Waals surface area contributed by atoms with Crippen LogP contribution in [0.25, 0.3) is 0 Å². The Hall–Kier alpha value is -2.95. The van der Waals surface area contributed by atoms with Gasteiger partial charge in [-0.3, -0.25) is 0 Å². The van der Waals surface area contributed by atoms with Gasteiger partial charge >= 0.3 is 11.9 Å². The van der Waals surface area contributed by atoms with Crippen LogP contribution < -0.4 is 5.32 Å². The average Bonchev–Trinajstić information content (AvgIpc) is 2.56. The number of carboxylic acid groups (broad SMARTS) is 2. The van der Waals surface area contributed by atoms with E-state index in [2.05, 4.69) is 15.3 Å². The molecule has 12 heteroatoms. The van der Waals surface area contributed by atoms with Gasteiger partial charge < -0.3 is 15.5 Å². The SMILES string of the molecule is O=C(O)c1cc(F)cnc1Cl.O=C(O)c1cc(F)cnc1NCC(F)F. The summed E-state index contributed by atoms with van der Waals surface area (Å²) in [5, 5.41) is 18.9. The lowest BCUT2D eigenvalue weighted by Crippen LogP contribution is -2.14. The topological polar surface area (TPSA) is 112 Å². The Bertz CT molecular complexity index is 808. The molecule has 0 saturated carbocycles. The van der Waals surface area contributed by atoms with E-state index in [1.807, 2.05) is 0 Å². The minimum absolute atomic E-state index is 0.209. The summed E-state index contributed by atoms with van der Waals surface area (Å²) in [7, 11) is 0. The zero-order valence-corrected chi connectivity index (χ0v) is 13.3. The summed E-state index contributed by atoms with van der Waals surface area (Å²) >= 11 is 5.33. The molecule has 7 nitrogen and oxygen atoms in total. The first kappa shape index (κ1) is 21.1. The molecule has 0 aliphatic heterocycles. The summed E-state index contributed by atoms with van der Waals surface area (Å²) in [5.74, 6) is -4.55. The first-order valence-electron chi connectivity index (χ1n) is 6.57. The average molecular weight is 396 g/mol. The maximum atomic E-state index is 12.6. The highest BCUT2D eigenvalue weighted by atomic mass is 35.5. The molecular formula is C14H10ClF4N3O4. The fourth-order valence-electron chi connectivity index (χ4n) is 1.49. The number of rotatable bonds is 5. The summed E-state index contributed by atoms with van der Waals surface area (Å²) in [5.41, 5.74) is -0.803. The van der Waals surface area contributed by atoms with Crippen LogP contribution in [0.15, 0.2) is 24.5 Å². The van der Waals surface area contributed by atoms with Crippen molar-refractivity contribution in [2.24, 2.45) is 0 Å². The van der Waals surface area contributed by atoms with E-state index >= 15 is 0 Å². The van der Waals surface area contributed by atoms with Gasteiger partial charge in [-0.1, -0.05) is 11.6 Å². The van der Waals surface area contributed by atoms with Crippen LogP contribution >= 0.6 is 11.6 Å². The third-order valence-electron chi connectivity index (χ3n) is 2.54. The summed E-state index contributed by atoms with van der Waals surface area (Å²) in [6.07, 6.45) is -1.03. The van der Waals surface area contributed by atoms with Gasteiger partial charge in [0.25, 0.3) is 6.43 Å². The maximum absolute atomic E-state index is 12.6.